The van der Waals surface area contributed by atoms with Crippen LogP contribution in [0.15, 0.2) is 30.3 Å². The Hall–Kier alpha value is -2.34. The fourth-order valence-corrected chi connectivity index (χ4v) is 3.01. The normalized spacial score (nSPS) is 14.6. The first-order valence-electron chi connectivity index (χ1n) is 8.89. The molecule has 3 rings (SSSR count). The second-order valence-corrected chi connectivity index (χ2v) is 6.83. The van der Waals surface area contributed by atoms with Crippen LogP contribution < -0.4 is 15.0 Å². The van der Waals surface area contributed by atoms with Crippen LogP contribution in [-0.4, -0.2) is 35.6 Å². The van der Waals surface area contributed by atoms with Crippen LogP contribution in [0.25, 0.3) is 0 Å². The Labute approximate surface area is 158 Å². The minimum atomic E-state index is -0.250. The number of halogens is 1. The number of benzene rings is 1. The minimum absolute atomic E-state index is 0.113. The van der Waals surface area contributed by atoms with E-state index in [9.17, 15) is 4.79 Å². The van der Waals surface area contributed by atoms with Crippen molar-refractivity contribution in [3.05, 3.63) is 41.0 Å². The van der Waals surface area contributed by atoms with Gasteiger partial charge in [-0.25, -0.2) is 4.98 Å². The van der Waals surface area contributed by atoms with Crippen LogP contribution in [0.3, 0.4) is 0 Å². The fraction of sp³-hybridized carbons (Fsp3) is 0.421. The molecule has 6 nitrogen and oxygen atoms in total. The maximum absolute atomic E-state index is 12.1. The van der Waals surface area contributed by atoms with Gasteiger partial charge in [-0.3, -0.25) is 4.79 Å². The summed E-state index contributed by atoms with van der Waals surface area (Å²) >= 11 is 5.84. The molecule has 0 bridgehead atoms. The van der Waals surface area contributed by atoms with Crippen molar-refractivity contribution in [1.82, 2.24) is 9.97 Å². The molecule has 0 spiro atoms. The number of aryl methyl sites for hydroxylation is 1. The quantitative estimate of drug-likeness (QED) is 0.861. The summed E-state index contributed by atoms with van der Waals surface area (Å²) in [7, 11) is 0. The van der Waals surface area contributed by atoms with E-state index < -0.39 is 0 Å². The van der Waals surface area contributed by atoms with Gasteiger partial charge < -0.3 is 15.0 Å². The third kappa shape index (κ3) is 5.33. The van der Waals surface area contributed by atoms with Crippen molar-refractivity contribution in [3.8, 4) is 5.88 Å². The summed E-state index contributed by atoms with van der Waals surface area (Å²) in [5.41, 5.74) is 1.50. The summed E-state index contributed by atoms with van der Waals surface area (Å²) < 4.78 is 5.59. The summed E-state index contributed by atoms with van der Waals surface area (Å²) in [6, 6.07) is 8.68. The van der Waals surface area contributed by atoms with Gasteiger partial charge in [-0.2, -0.15) is 4.98 Å². The van der Waals surface area contributed by atoms with Crippen LogP contribution in [0.5, 0.6) is 5.88 Å². The van der Waals surface area contributed by atoms with Crippen molar-refractivity contribution in [2.24, 2.45) is 0 Å². The van der Waals surface area contributed by atoms with Crippen molar-refractivity contribution in [2.75, 3.05) is 29.9 Å². The van der Waals surface area contributed by atoms with Gasteiger partial charge >= 0.3 is 0 Å². The molecule has 1 aromatic carbocycles. The highest BCUT2D eigenvalue weighted by Crippen LogP contribution is 2.19. The molecule has 1 aliphatic rings. The summed E-state index contributed by atoms with van der Waals surface area (Å²) in [5.74, 6) is 0.850. The predicted molar refractivity (Wildman–Crippen MR) is 103 cm³/mol. The lowest BCUT2D eigenvalue weighted by atomic mass is 10.2. The van der Waals surface area contributed by atoms with Crippen LogP contribution in [0.1, 0.15) is 31.4 Å². The molecule has 0 aliphatic carbocycles. The standard InChI is InChI=1S/C19H23ClN4O2/c1-14-12-18(23-19(21-14)24-10-4-2-3-5-11-24)26-13-17(25)22-16-8-6-15(20)7-9-16/h6-9,12H,2-5,10-11,13H2,1H3,(H,22,25). The first-order valence-corrected chi connectivity index (χ1v) is 9.27. The highest BCUT2D eigenvalue weighted by molar-refractivity contribution is 6.30. The number of nitrogens with one attached hydrogen (secondary N) is 1. The molecule has 138 valence electrons. The van der Waals surface area contributed by atoms with Crippen LogP contribution in [0, 0.1) is 6.92 Å². The molecule has 7 heteroatoms. The number of aromatic nitrogens is 2. The smallest absolute Gasteiger partial charge is 0.262 e. The number of carbonyl (C=O) groups excluding carboxylic acids is 1. The van der Waals surface area contributed by atoms with Gasteiger partial charge in [-0.15, -0.1) is 0 Å². The van der Waals surface area contributed by atoms with E-state index in [2.05, 4.69) is 20.2 Å². The zero-order valence-electron chi connectivity index (χ0n) is 14.9. The molecule has 2 aromatic rings. The Morgan fingerprint density at radius 1 is 1.15 bits per heavy atom. The first-order chi connectivity index (χ1) is 12.6. The third-order valence-electron chi connectivity index (χ3n) is 4.19. The highest BCUT2D eigenvalue weighted by Gasteiger charge is 2.14. The van der Waals surface area contributed by atoms with Gasteiger partial charge in [0.05, 0.1) is 0 Å². The van der Waals surface area contributed by atoms with Gasteiger partial charge in [-0.1, -0.05) is 24.4 Å². The topological polar surface area (TPSA) is 67.3 Å². The highest BCUT2D eigenvalue weighted by atomic mass is 35.5. The Morgan fingerprint density at radius 3 is 2.54 bits per heavy atom. The number of ether oxygens (including phenoxy) is 1. The van der Waals surface area contributed by atoms with Crippen molar-refractivity contribution in [2.45, 2.75) is 32.6 Å². The van der Waals surface area contributed by atoms with Crippen LogP contribution in [0.2, 0.25) is 5.02 Å². The Balaban J connectivity index is 1.60. The van der Waals surface area contributed by atoms with Gasteiger partial charge in [0.15, 0.2) is 6.61 Å². The van der Waals surface area contributed by atoms with Gasteiger partial charge in [0, 0.05) is 35.6 Å². The van der Waals surface area contributed by atoms with Crippen LogP contribution in [0.4, 0.5) is 11.6 Å². The number of amides is 1. The Kier molecular flexibility index (Phi) is 6.28. The lowest BCUT2D eigenvalue weighted by Gasteiger charge is -2.21. The molecule has 1 amide bonds. The van der Waals surface area contributed by atoms with Crippen molar-refractivity contribution in [3.63, 3.8) is 0 Å². The lowest BCUT2D eigenvalue weighted by molar-refractivity contribution is -0.118. The second kappa shape index (κ2) is 8.85. The second-order valence-electron chi connectivity index (χ2n) is 6.39. The molecule has 1 fully saturated rings. The maximum atomic E-state index is 12.1. The molecule has 1 N–H and O–H groups in total. The molecule has 0 saturated carbocycles. The fourth-order valence-electron chi connectivity index (χ4n) is 2.88. The van der Waals surface area contributed by atoms with E-state index >= 15 is 0 Å². The van der Waals surface area contributed by atoms with Crippen LogP contribution >= 0.6 is 11.6 Å². The lowest BCUT2D eigenvalue weighted by Crippen LogP contribution is -2.26. The van der Waals surface area contributed by atoms with E-state index in [1.54, 1.807) is 30.3 Å². The van der Waals surface area contributed by atoms with Crippen molar-refractivity contribution < 1.29 is 9.53 Å². The van der Waals surface area contributed by atoms with Gasteiger partial charge in [0.2, 0.25) is 11.8 Å². The Bertz CT molecular complexity index is 744. The molecule has 0 unspecified atom stereocenters. The summed E-state index contributed by atoms with van der Waals surface area (Å²) in [6.45, 7) is 3.71. The van der Waals surface area contributed by atoms with E-state index in [1.165, 1.54) is 12.8 Å². The number of anilines is 2. The van der Waals surface area contributed by atoms with E-state index in [-0.39, 0.29) is 12.5 Å². The van der Waals surface area contributed by atoms with E-state index in [0.29, 0.717) is 22.5 Å². The molecule has 0 radical (unpaired) electrons. The zero-order chi connectivity index (χ0) is 18.4. The predicted octanol–water partition coefficient (Wildman–Crippen LogP) is 3.84. The van der Waals surface area contributed by atoms with E-state index in [4.69, 9.17) is 16.3 Å². The van der Waals surface area contributed by atoms with E-state index in [1.807, 2.05) is 6.92 Å². The first kappa shape index (κ1) is 18.5. The molecule has 1 saturated heterocycles. The number of nitrogens with zero attached hydrogens (tertiary/aromatic N) is 3. The summed E-state index contributed by atoms with van der Waals surface area (Å²) in [4.78, 5) is 23.3. The van der Waals surface area contributed by atoms with Gasteiger partial charge in [0.25, 0.3) is 5.91 Å². The third-order valence-corrected chi connectivity index (χ3v) is 4.44. The van der Waals surface area contributed by atoms with Gasteiger partial charge in [0.1, 0.15) is 0 Å². The number of hydrogen-bond donors (Lipinski definition) is 1. The van der Waals surface area contributed by atoms with Crippen LogP contribution in [-0.2, 0) is 4.79 Å². The minimum Gasteiger partial charge on any atom is -0.467 e. The maximum Gasteiger partial charge on any atom is 0.262 e. The van der Waals surface area contributed by atoms with Gasteiger partial charge in [-0.05, 0) is 44.0 Å². The number of rotatable bonds is 5. The zero-order valence-corrected chi connectivity index (χ0v) is 15.6. The largest absolute Gasteiger partial charge is 0.467 e. The van der Waals surface area contributed by atoms with Crippen molar-refractivity contribution in [1.29, 1.82) is 0 Å². The Morgan fingerprint density at radius 2 is 1.85 bits per heavy atom. The van der Waals surface area contributed by atoms with Crippen molar-refractivity contribution >= 4 is 29.1 Å². The monoisotopic (exact) mass is 374 g/mol. The average Bonchev–Trinajstić information content (AvgIpc) is 2.91. The molecular weight excluding hydrogens is 352 g/mol. The molecule has 0 atom stereocenters. The summed E-state index contributed by atoms with van der Waals surface area (Å²) in [5, 5.41) is 3.39. The molecule has 2 heterocycles. The molecule has 1 aliphatic heterocycles. The molecular formula is C19H23ClN4O2. The summed E-state index contributed by atoms with van der Waals surface area (Å²) in [6.07, 6.45) is 4.79. The SMILES string of the molecule is Cc1cc(OCC(=O)Nc2ccc(Cl)cc2)nc(N2CCCCCC2)n1. The number of hydrogen-bond acceptors (Lipinski definition) is 5. The molecule has 1 aromatic heterocycles. The van der Waals surface area contributed by atoms with E-state index in [0.717, 1.165) is 31.6 Å². The number of carbonyl (C=O) groups is 1. The average molecular weight is 375 g/mol. The molecule has 26 heavy (non-hydrogen) atoms.